The first kappa shape index (κ1) is 18.4. The maximum absolute atomic E-state index is 12.0. The molecule has 1 aliphatic carbocycles. The number of nitrogens with one attached hydrogen (secondary N) is 1. The average molecular weight is 297 g/mol. The lowest BCUT2D eigenvalue weighted by molar-refractivity contribution is -0.126. The van der Waals surface area contributed by atoms with Crippen molar-refractivity contribution >= 4 is 5.91 Å². The van der Waals surface area contributed by atoms with Crippen LogP contribution >= 0.6 is 0 Å². The lowest BCUT2D eigenvalue weighted by Crippen LogP contribution is -2.61. The molecular formula is C17H35N3O. The van der Waals surface area contributed by atoms with Crippen LogP contribution in [0.2, 0.25) is 0 Å². The molecule has 1 rings (SSSR count). The van der Waals surface area contributed by atoms with Crippen LogP contribution < -0.4 is 11.1 Å². The summed E-state index contributed by atoms with van der Waals surface area (Å²) in [6.07, 6.45) is 3.99. The van der Waals surface area contributed by atoms with Crippen LogP contribution in [0.15, 0.2) is 0 Å². The van der Waals surface area contributed by atoms with Crippen molar-refractivity contribution < 1.29 is 4.79 Å². The Hall–Kier alpha value is -0.610. The molecule has 4 nitrogen and oxygen atoms in total. The smallest absolute Gasteiger partial charge is 0.237 e. The van der Waals surface area contributed by atoms with E-state index >= 15 is 0 Å². The Morgan fingerprint density at radius 2 is 1.86 bits per heavy atom. The van der Waals surface area contributed by atoms with Gasteiger partial charge in [0.05, 0.1) is 5.54 Å². The lowest BCUT2D eigenvalue weighted by Gasteiger charge is -2.44. The highest BCUT2D eigenvalue weighted by Crippen LogP contribution is 2.32. The van der Waals surface area contributed by atoms with Gasteiger partial charge in [-0.2, -0.15) is 0 Å². The number of rotatable bonds is 8. The topological polar surface area (TPSA) is 58.4 Å². The van der Waals surface area contributed by atoms with Gasteiger partial charge in [-0.15, -0.1) is 0 Å². The first-order valence-electron chi connectivity index (χ1n) is 8.59. The fourth-order valence-electron chi connectivity index (χ4n) is 3.68. The van der Waals surface area contributed by atoms with Gasteiger partial charge in [-0.3, -0.25) is 9.69 Å². The zero-order valence-corrected chi connectivity index (χ0v) is 14.6. The molecule has 0 spiro atoms. The summed E-state index contributed by atoms with van der Waals surface area (Å²) in [5, 5.41) is 3.39. The van der Waals surface area contributed by atoms with Crippen LogP contribution in [0.1, 0.15) is 60.3 Å². The first-order chi connectivity index (χ1) is 9.80. The van der Waals surface area contributed by atoms with Gasteiger partial charge in [0.25, 0.3) is 0 Å². The summed E-state index contributed by atoms with van der Waals surface area (Å²) in [6.45, 7) is 14.1. The van der Waals surface area contributed by atoms with E-state index < -0.39 is 5.54 Å². The largest absolute Gasteiger partial charge is 0.368 e. The Kier molecular flexibility index (Phi) is 7.14. The number of carbonyl (C=O) groups is 1. The monoisotopic (exact) mass is 297 g/mol. The van der Waals surface area contributed by atoms with E-state index in [1.807, 2.05) is 6.92 Å². The number of likely N-dealkylation sites (N-methyl/N-ethyl adjacent to an activating group) is 1. The zero-order chi connectivity index (χ0) is 16.0. The van der Waals surface area contributed by atoms with Gasteiger partial charge in [0, 0.05) is 19.1 Å². The average Bonchev–Trinajstić information content (AvgIpc) is 2.37. The number of carbonyl (C=O) groups excluding carboxylic acids is 1. The van der Waals surface area contributed by atoms with Crippen LogP contribution in [-0.4, -0.2) is 42.0 Å². The minimum Gasteiger partial charge on any atom is -0.368 e. The molecule has 1 amide bonds. The van der Waals surface area contributed by atoms with Crippen molar-refractivity contribution in [3.8, 4) is 0 Å². The van der Waals surface area contributed by atoms with Crippen LogP contribution in [0.3, 0.4) is 0 Å². The number of hydrogen-bond acceptors (Lipinski definition) is 3. The molecule has 0 aliphatic heterocycles. The maximum atomic E-state index is 12.0. The number of hydrogen-bond donors (Lipinski definition) is 2. The van der Waals surface area contributed by atoms with Crippen molar-refractivity contribution in [1.29, 1.82) is 0 Å². The first-order valence-corrected chi connectivity index (χ1v) is 8.59. The van der Waals surface area contributed by atoms with Gasteiger partial charge in [0.1, 0.15) is 0 Å². The van der Waals surface area contributed by atoms with Gasteiger partial charge >= 0.3 is 0 Å². The van der Waals surface area contributed by atoms with Gasteiger partial charge in [0.15, 0.2) is 0 Å². The molecule has 3 N–H and O–H groups in total. The number of primary amides is 1. The molecule has 0 heterocycles. The highest BCUT2D eigenvalue weighted by atomic mass is 16.1. The van der Waals surface area contributed by atoms with E-state index in [1.165, 1.54) is 6.42 Å². The van der Waals surface area contributed by atoms with Crippen LogP contribution in [0.25, 0.3) is 0 Å². The second-order valence-electron chi connectivity index (χ2n) is 7.47. The molecule has 0 aromatic heterocycles. The third-order valence-electron chi connectivity index (χ3n) is 4.43. The highest BCUT2D eigenvalue weighted by Gasteiger charge is 2.42. The Bertz CT molecular complexity index is 316. The molecular weight excluding hydrogens is 262 g/mol. The van der Waals surface area contributed by atoms with E-state index in [9.17, 15) is 4.79 Å². The lowest BCUT2D eigenvalue weighted by atomic mass is 9.77. The third-order valence-corrected chi connectivity index (χ3v) is 4.43. The van der Waals surface area contributed by atoms with Crippen molar-refractivity contribution in [3.63, 3.8) is 0 Å². The predicted molar refractivity (Wildman–Crippen MR) is 89.1 cm³/mol. The summed E-state index contributed by atoms with van der Waals surface area (Å²) < 4.78 is 0. The van der Waals surface area contributed by atoms with E-state index in [-0.39, 0.29) is 5.91 Å². The normalized spacial score (nSPS) is 26.8. The Labute approximate surface area is 130 Å². The van der Waals surface area contributed by atoms with Crippen molar-refractivity contribution in [2.45, 2.75) is 71.9 Å². The summed E-state index contributed by atoms with van der Waals surface area (Å²) in [5.41, 5.74) is 5.24. The van der Waals surface area contributed by atoms with Gasteiger partial charge in [-0.1, -0.05) is 34.6 Å². The minimum atomic E-state index is -0.496. The summed E-state index contributed by atoms with van der Waals surface area (Å²) in [7, 11) is 0. The minimum absolute atomic E-state index is 0.178. The quantitative estimate of drug-likeness (QED) is 0.723. The Balaban J connectivity index is 2.85. The number of nitrogens with two attached hydrogens (primary N) is 1. The Morgan fingerprint density at radius 3 is 2.29 bits per heavy atom. The van der Waals surface area contributed by atoms with Crippen molar-refractivity contribution in [2.24, 2.45) is 17.6 Å². The van der Waals surface area contributed by atoms with E-state index in [0.717, 1.165) is 38.9 Å². The summed E-state index contributed by atoms with van der Waals surface area (Å²) in [4.78, 5) is 14.6. The van der Waals surface area contributed by atoms with Crippen LogP contribution in [0, 0.1) is 11.8 Å². The second-order valence-corrected chi connectivity index (χ2v) is 7.47. The van der Waals surface area contributed by atoms with Crippen molar-refractivity contribution in [1.82, 2.24) is 10.2 Å². The molecule has 0 saturated heterocycles. The molecule has 0 bridgehead atoms. The predicted octanol–water partition coefficient (Wildman–Crippen LogP) is 2.38. The molecule has 0 aromatic rings. The third kappa shape index (κ3) is 5.26. The standard InChI is InChI=1S/C17H35N3O/c1-6-19-17(16(18)21)9-7-8-15(10-17)20(11-13(2)3)12-14(4)5/h13-15,19H,6-12H2,1-5H3,(H2,18,21). The summed E-state index contributed by atoms with van der Waals surface area (Å²) >= 11 is 0. The molecule has 2 atom stereocenters. The van der Waals surface area contributed by atoms with E-state index in [2.05, 4.69) is 37.9 Å². The number of amides is 1. The molecule has 1 fully saturated rings. The number of nitrogens with zero attached hydrogens (tertiary/aromatic N) is 1. The van der Waals surface area contributed by atoms with Crippen molar-refractivity contribution in [3.05, 3.63) is 0 Å². The maximum Gasteiger partial charge on any atom is 0.237 e. The fraction of sp³-hybridized carbons (Fsp3) is 0.941. The van der Waals surface area contributed by atoms with Gasteiger partial charge in [-0.25, -0.2) is 0 Å². The van der Waals surface area contributed by atoms with Crippen molar-refractivity contribution in [2.75, 3.05) is 19.6 Å². The summed E-state index contributed by atoms with van der Waals surface area (Å²) in [6, 6.07) is 0.468. The molecule has 0 aromatic carbocycles. The SMILES string of the molecule is CCNC1(C(N)=O)CCCC(N(CC(C)C)CC(C)C)C1. The van der Waals surface area contributed by atoms with Crippen LogP contribution in [0.4, 0.5) is 0 Å². The van der Waals surface area contributed by atoms with E-state index in [1.54, 1.807) is 0 Å². The second kappa shape index (κ2) is 8.14. The van der Waals surface area contributed by atoms with Gasteiger partial charge in [-0.05, 0) is 44.1 Å². The summed E-state index contributed by atoms with van der Waals surface area (Å²) in [5.74, 6) is 1.11. The van der Waals surface area contributed by atoms with Gasteiger partial charge in [0.2, 0.25) is 5.91 Å². The molecule has 1 saturated carbocycles. The fourth-order valence-corrected chi connectivity index (χ4v) is 3.68. The molecule has 21 heavy (non-hydrogen) atoms. The highest BCUT2D eigenvalue weighted by molar-refractivity contribution is 5.84. The zero-order valence-electron chi connectivity index (χ0n) is 14.6. The van der Waals surface area contributed by atoms with E-state index in [4.69, 9.17) is 5.73 Å². The molecule has 0 radical (unpaired) electrons. The molecule has 4 heteroatoms. The van der Waals surface area contributed by atoms with Crippen LogP contribution in [0.5, 0.6) is 0 Å². The molecule has 2 unspecified atom stereocenters. The Morgan fingerprint density at radius 1 is 1.29 bits per heavy atom. The molecule has 1 aliphatic rings. The van der Waals surface area contributed by atoms with E-state index in [0.29, 0.717) is 17.9 Å². The molecule has 124 valence electrons. The van der Waals surface area contributed by atoms with Gasteiger partial charge < -0.3 is 11.1 Å². The van der Waals surface area contributed by atoms with Crippen LogP contribution in [-0.2, 0) is 4.79 Å².